The molecule has 1 aliphatic heterocycles. The van der Waals surface area contributed by atoms with Gasteiger partial charge in [-0.2, -0.15) is 4.98 Å². The van der Waals surface area contributed by atoms with Crippen LogP contribution in [-0.4, -0.2) is 26.6 Å². The second kappa shape index (κ2) is 7.33. The molecule has 3 aromatic rings. The molecule has 2 aromatic heterocycles. The zero-order chi connectivity index (χ0) is 17.1. The van der Waals surface area contributed by atoms with Gasteiger partial charge in [-0.05, 0) is 43.7 Å². The van der Waals surface area contributed by atoms with Gasteiger partial charge in [0, 0.05) is 23.3 Å². The van der Waals surface area contributed by atoms with E-state index < -0.39 is 0 Å². The van der Waals surface area contributed by atoms with Crippen LogP contribution < -0.4 is 0 Å². The van der Waals surface area contributed by atoms with Crippen LogP contribution in [0.5, 0.6) is 0 Å². The number of likely N-dealkylation sites (tertiary alicyclic amines) is 1. The Balaban J connectivity index is 1.57. The lowest BCUT2D eigenvalue weighted by molar-refractivity contribution is 0.110. The highest BCUT2D eigenvalue weighted by molar-refractivity contribution is 6.30. The van der Waals surface area contributed by atoms with Crippen LogP contribution in [0.15, 0.2) is 53.2 Å². The van der Waals surface area contributed by atoms with E-state index in [1.54, 1.807) is 0 Å². The molecule has 3 heterocycles. The number of halogens is 1. The van der Waals surface area contributed by atoms with E-state index in [4.69, 9.17) is 16.1 Å². The second-order valence-corrected chi connectivity index (χ2v) is 6.71. The molecule has 0 spiro atoms. The van der Waals surface area contributed by atoms with Crippen molar-refractivity contribution in [3.63, 3.8) is 0 Å². The molecule has 1 fully saturated rings. The molecule has 0 bridgehead atoms. The van der Waals surface area contributed by atoms with E-state index in [0.29, 0.717) is 16.7 Å². The van der Waals surface area contributed by atoms with Crippen molar-refractivity contribution in [2.24, 2.45) is 0 Å². The molecule has 4 rings (SSSR count). The van der Waals surface area contributed by atoms with Gasteiger partial charge in [-0.3, -0.25) is 9.88 Å². The lowest BCUT2D eigenvalue weighted by Crippen LogP contribution is -2.33. The molecule has 0 saturated carbocycles. The zero-order valence-corrected chi connectivity index (χ0v) is 14.6. The van der Waals surface area contributed by atoms with Crippen LogP contribution in [0.25, 0.3) is 11.4 Å². The molecule has 6 heteroatoms. The maximum atomic E-state index is 6.06. The largest absolute Gasteiger partial charge is 0.337 e. The SMILES string of the molecule is Clc1cccc(-c2noc(C3CCCCN3Cc3ccccn3)n2)c1. The molecule has 1 atom stereocenters. The van der Waals surface area contributed by atoms with E-state index in [-0.39, 0.29) is 6.04 Å². The van der Waals surface area contributed by atoms with Crippen LogP contribution in [0.1, 0.15) is 36.9 Å². The van der Waals surface area contributed by atoms with Crippen molar-refractivity contribution in [3.05, 3.63) is 65.3 Å². The highest BCUT2D eigenvalue weighted by Gasteiger charge is 2.29. The molecule has 25 heavy (non-hydrogen) atoms. The van der Waals surface area contributed by atoms with Crippen molar-refractivity contribution >= 4 is 11.6 Å². The maximum Gasteiger partial charge on any atom is 0.244 e. The fourth-order valence-corrected chi connectivity index (χ4v) is 3.47. The van der Waals surface area contributed by atoms with Gasteiger partial charge in [-0.25, -0.2) is 0 Å². The zero-order valence-electron chi connectivity index (χ0n) is 13.8. The van der Waals surface area contributed by atoms with Gasteiger partial charge < -0.3 is 4.52 Å². The molecule has 0 N–H and O–H groups in total. The van der Waals surface area contributed by atoms with Gasteiger partial charge in [-0.15, -0.1) is 0 Å². The Labute approximate surface area is 151 Å². The van der Waals surface area contributed by atoms with Gasteiger partial charge in [0.1, 0.15) is 0 Å². The highest BCUT2D eigenvalue weighted by Crippen LogP contribution is 2.32. The van der Waals surface area contributed by atoms with Crippen molar-refractivity contribution in [3.8, 4) is 11.4 Å². The summed E-state index contributed by atoms with van der Waals surface area (Å²) >= 11 is 6.06. The van der Waals surface area contributed by atoms with Crippen LogP contribution in [0.4, 0.5) is 0 Å². The maximum absolute atomic E-state index is 6.06. The Bertz CT molecular complexity index is 836. The van der Waals surface area contributed by atoms with E-state index in [9.17, 15) is 0 Å². The van der Waals surface area contributed by atoms with Crippen molar-refractivity contribution in [2.45, 2.75) is 31.8 Å². The monoisotopic (exact) mass is 354 g/mol. The van der Waals surface area contributed by atoms with Crippen LogP contribution in [0.3, 0.4) is 0 Å². The average molecular weight is 355 g/mol. The van der Waals surface area contributed by atoms with Crippen molar-refractivity contribution in [2.75, 3.05) is 6.54 Å². The number of hydrogen-bond acceptors (Lipinski definition) is 5. The lowest BCUT2D eigenvalue weighted by Gasteiger charge is -2.32. The first-order valence-corrected chi connectivity index (χ1v) is 8.91. The summed E-state index contributed by atoms with van der Waals surface area (Å²) in [6, 6.07) is 13.7. The van der Waals surface area contributed by atoms with Crippen LogP contribution in [-0.2, 0) is 6.54 Å². The molecule has 128 valence electrons. The average Bonchev–Trinajstić information content (AvgIpc) is 3.13. The fraction of sp³-hybridized carbons (Fsp3) is 0.316. The van der Waals surface area contributed by atoms with Crippen molar-refractivity contribution in [1.82, 2.24) is 20.0 Å². The second-order valence-electron chi connectivity index (χ2n) is 6.27. The smallest absolute Gasteiger partial charge is 0.244 e. The number of piperidine rings is 1. The Morgan fingerprint density at radius 3 is 2.96 bits per heavy atom. The standard InChI is InChI=1S/C19H19ClN4O/c20-15-7-5-6-14(12-15)18-22-19(25-23-18)17-9-2-4-11-24(17)13-16-8-1-3-10-21-16/h1,3,5-8,10,12,17H,2,4,9,11,13H2. The summed E-state index contributed by atoms with van der Waals surface area (Å²) in [6.45, 7) is 1.80. The molecule has 1 unspecified atom stereocenters. The minimum atomic E-state index is 0.135. The number of hydrogen-bond donors (Lipinski definition) is 0. The summed E-state index contributed by atoms with van der Waals surface area (Å²) in [5, 5.41) is 4.82. The molecule has 0 radical (unpaired) electrons. The van der Waals surface area contributed by atoms with Gasteiger partial charge in [0.15, 0.2) is 0 Å². The van der Waals surface area contributed by atoms with Crippen LogP contribution in [0, 0.1) is 0 Å². The van der Waals surface area contributed by atoms with E-state index in [0.717, 1.165) is 37.2 Å². The minimum absolute atomic E-state index is 0.135. The summed E-state index contributed by atoms with van der Waals surface area (Å²) in [7, 11) is 0. The van der Waals surface area contributed by atoms with Crippen molar-refractivity contribution in [1.29, 1.82) is 0 Å². The molecule has 1 aliphatic rings. The van der Waals surface area contributed by atoms with Gasteiger partial charge in [0.25, 0.3) is 0 Å². The van der Waals surface area contributed by atoms with Gasteiger partial charge in [0.05, 0.1) is 11.7 Å². The third-order valence-corrected chi connectivity index (χ3v) is 4.75. The predicted molar refractivity (Wildman–Crippen MR) is 96.0 cm³/mol. The number of benzene rings is 1. The molecule has 1 aromatic carbocycles. The predicted octanol–water partition coefficient (Wildman–Crippen LogP) is 4.51. The molecular weight excluding hydrogens is 336 g/mol. The normalized spacial score (nSPS) is 18.4. The Morgan fingerprint density at radius 1 is 1.16 bits per heavy atom. The number of rotatable bonds is 4. The molecule has 1 saturated heterocycles. The van der Waals surface area contributed by atoms with Gasteiger partial charge in [-0.1, -0.05) is 41.4 Å². The molecule has 0 aliphatic carbocycles. The Morgan fingerprint density at radius 2 is 2.12 bits per heavy atom. The first-order valence-electron chi connectivity index (χ1n) is 8.53. The number of aromatic nitrogens is 3. The van der Waals surface area contributed by atoms with E-state index in [1.807, 2.05) is 42.6 Å². The van der Waals surface area contributed by atoms with Crippen LogP contribution >= 0.6 is 11.6 Å². The highest BCUT2D eigenvalue weighted by atomic mass is 35.5. The van der Waals surface area contributed by atoms with Crippen molar-refractivity contribution < 1.29 is 4.52 Å². The first-order chi connectivity index (χ1) is 12.3. The van der Waals surface area contributed by atoms with E-state index >= 15 is 0 Å². The minimum Gasteiger partial charge on any atom is -0.337 e. The summed E-state index contributed by atoms with van der Waals surface area (Å²) < 4.78 is 5.60. The van der Waals surface area contributed by atoms with Crippen LogP contribution in [0.2, 0.25) is 5.02 Å². The third-order valence-electron chi connectivity index (χ3n) is 4.51. The molecule has 0 amide bonds. The van der Waals surface area contributed by atoms with E-state index in [1.165, 1.54) is 6.42 Å². The summed E-state index contributed by atoms with van der Waals surface area (Å²) in [6.07, 6.45) is 5.19. The summed E-state index contributed by atoms with van der Waals surface area (Å²) in [4.78, 5) is 11.5. The summed E-state index contributed by atoms with van der Waals surface area (Å²) in [5.41, 5.74) is 1.93. The van der Waals surface area contributed by atoms with Gasteiger partial charge in [0.2, 0.25) is 11.7 Å². The molecular formula is C19H19ClN4O. The Kier molecular flexibility index (Phi) is 4.76. The van der Waals surface area contributed by atoms with E-state index in [2.05, 4.69) is 26.1 Å². The Hall–Kier alpha value is -2.24. The quantitative estimate of drug-likeness (QED) is 0.689. The third kappa shape index (κ3) is 3.72. The fourth-order valence-electron chi connectivity index (χ4n) is 3.28. The van der Waals surface area contributed by atoms with Gasteiger partial charge >= 0.3 is 0 Å². The molecule has 5 nitrogen and oxygen atoms in total. The first kappa shape index (κ1) is 16.2. The number of pyridine rings is 1. The number of nitrogens with zero attached hydrogens (tertiary/aromatic N) is 4. The summed E-state index contributed by atoms with van der Waals surface area (Å²) in [5.74, 6) is 1.26. The lowest BCUT2D eigenvalue weighted by atomic mass is 10.0. The topological polar surface area (TPSA) is 55.1 Å².